The SMILES string of the molecule is COc1ccc(N2CCOCC2)c2nc(NC(=O)c3cccc(N4CCOCC4)c3)[nH]c12. The number of hydrogen-bond donors (Lipinski definition) is 2. The summed E-state index contributed by atoms with van der Waals surface area (Å²) in [4.78, 5) is 25.4. The molecule has 2 aromatic carbocycles. The van der Waals surface area contributed by atoms with Crippen molar-refractivity contribution in [2.45, 2.75) is 0 Å². The van der Waals surface area contributed by atoms with Crippen LogP contribution in [0.25, 0.3) is 11.0 Å². The normalized spacial score (nSPS) is 16.9. The van der Waals surface area contributed by atoms with Crippen LogP contribution in [0.5, 0.6) is 5.75 Å². The monoisotopic (exact) mass is 437 g/mol. The van der Waals surface area contributed by atoms with Crippen LogP contribution in [0, 0.1) is 0 Å². The molecule has 168 valence electrons. The Morgan fingerprint density at radius 1 is 1.03 bits per heavy atom. The second-order valence-electron chi connectivity index (χ2n) is 7.80. The van der Waals surface area contributed by atoms with Crippen molar-refractivity contribution in [3.8, 4) is 5.75 Å². The predicted octanol–water partition coefficient (Wildman–Crippen LogP) is 2.50. The topological polar surface area (TPSA) is 92.0 Å². The van der Waals surface area contributed by atoms with E-state index in [0.717, 1.165) is 48.6 Å². The predicted molar refractivity (Wildman–Crippen MR) is 123 cm³/mol. The van der Waals surface area contributed by atoms with Crippen molar-refractivity contribution in [2.24, 2.45) is 0 Å². The number of methoxy groups -OCH3 is 1. The first kappa shape index (κ1) is 20.6. The highest BCUT2D eigenvalue weighted by Gasteiger charge is 2.20. The summed E-state index contributed by atoms with van der Waals surface area (Å²) in [6.07, 6.45) is 0. The van der Waals surface area contributed by atoms with E-state index in [2.05, 4.69) is 20.1 Å². The van der Waals surface area contributed by atoms with Crippen molar-refractivity contribution in [1.29, 1.82) is 0 Å². The second kappa shape index (κ2) is 9.05. The number of carbonyl (C=O) groups is 1. The van der Waals surface area contributed by atoms with Crippen LogP contribution in [0.1, 0.15) is 10.4 Å². The summed E-state index contributed by atoms with van der Waals surface area (Å²) < 4.78 is 16.4. The van der Waals surface area contributed by atoms with E-state index < -0.39 is 0 Å². The Bertz CT molecular complexity index is 1100. The summed E-state index contributed by atoms with van der Waals surface area (Å²) in [5.41, 5.74) is 4.12. The molecule has 0 saturated carbocycles. The molecule has 0 atom stereocenters. The lowest BCUT2D eigenvalue weighted by Crippen LogP contribution is -2.36. The van der Waals surface area contributed by atoms with Crippen molar-refractivity contribution in [3.63, 3.8) is 0 Å². The largest absolute Gasteiger partial charge is 0.494 e. The van der Waals surface area contributed by atoms with Crippen LogP contribution >= 0.6 is 0 Å². The third-order valence-corrected chi connectivity index (χ3v) is 5.87. The molecule has 0 unspecified atom stereocenters. The van der Waals surface area contributed by atoms with Gasteiger partial charge in [0.05, 0.1) is 39.2 Å². The maximum atomic E-state index is 13.0. The van der Waals surface area contributed by atoms with Gasteiger partial charge in [0.15, 0.2) is 0 Å². The third-order valence-electron chi connectivity index (χ3n) is 5.87. The standard InChI is InChI=1S/C23H27N5O4/c1-30-19-6-5-18(28-9-13-32-14-10-28)20-21(19)25-23(24-20)26-22(29)16-3-2-4-17(15-16)27-7-11-31-12-8-27/h2-6,15H,7-14H2,1H3,(H2,24,25,26,29). The molecule has 3 heterocycles. The van der Waals surface area contributed by atoms with Gasteiger partial charge in [0, 0.05) is 37.4 Å². The van der Waals surface area contributed by atoms with E-state index in [1.165, 1.54) is 0 Å². The molecule has 5 rings (SSSR count). The van der Waals surface area contributed by atoms with Crippen LogP contribution in [-0.4, -0.2) is 75.6 Å². The molecule has 1 aromatic heterocycles. The Morgan fingerprint density at radius 2 is 1.75 bits per heavy atom. The van der Waals surface area contributed by atoms with E-state index in [-0.39, 0.29) is 5.91 Å². The number of aromatic amines is 1. The molecule has 2 aliphatic heterocycles. The second-order valence-corrected chi connectivity index (χ2v) is 7.80. The number of nitrogens with one attached hydrogen (secondary N) is 2. The fraction of sp³-hybridized carbons (Fsp3) is 0.391. The highest BCUT2D eigenvalue weighted by atomic mass is 16.5. The van der Waals surface area contributed by atoms with Crippen LogP contribution in [0.2, 0.25) is 0 Å². The molecule has 0 bridgehead atoms. The Balaban J connectivity index is 1.41. The van der Waals surface area contributed by atoms with Gasteiger partial charge in [0.2, 0.25) is 5.95 Å². The van der Waals surface area contributed by atoms with E-state index in [4.69, 9.17) is 19.2 Å². The van der Waals surface area contributed by atoms with Gasteiger partial charge < -0.3 is 29.0 Å². The Morgan fingerprint density at radius 3 is 2.47 bits per heavy atom. The zero-order valence-electron chi connectivity index (χ0n) is 18.1. The van der Waals surface area contributed by atoms with Crippen molar-refractivity contribution < 1.29 is 19.0 Å². The number of fused-ring (bicyclic) bond motifs is 1. The zero-order chi connectivity index (χ0) is 21.9. The summed E-state index contributed by atoms with van der Waals surface area (Å²) in [6, 6.07) is 11.6. The van der Waals surface area contributed by atoms with Gasteiger partial charge in [0.25, 0.3) is 5.91 Å². The van der Waals surface area contributed by atoms with Crippen molar-refractivity contribution in [3.05, 3.63) is 42.0 Å². The fourth-order valence-electron chi connectivity index (χ4n) is 4.19. The van der Waals surface area contributed by atoms with Gasteiger partial charge in [0.1, 0.15) is 16.8 Å². The molecule has 0 radical (unpaired) electrons. The van der Waals surface area contributed by atoms with E-state index >= 15 is 0 Å². The number of benzene rings is 2. The van der Waals surface area contributed by atoms with Crippen molar-refractivity contribution >= 4 is 34.3 Å². The number of aromatic nitrogens is 2. The number of amides is 1. The molecule has 0 aliphatic carbocycles. The van der Waals surface area contributed by atoms with Gasteiger partial charge in [-0.25, -0.2) is 4.98 Å². The van der Waals surface area contributed by atoms with Crippen molar-refractivity contribution in [1.82, 2.24) is 9.97 Å². The number of imidazole rings is 1. The maximum absolute atomic E-state index is 13.0. The van der Waals surface area contributed by atoms with E-state index in [0.29, 0.717) is 43.7 Å². The lowest BCUT2D eigenvalue weighted by molar-refractivity contribution is 0.102. The molecule has 2 N–H and O–H groups in total. The molecule has 2 fully saturated rings. The molecule has 3 aromatic rings. The summed E-state index contributed by atoms with van der Waals surface area (Å²) in [6.45, 7) is 5.99. The molecule has 2 saturated heterocycles. The van der Waals surface area contributed by atoms with Gasteiger partial charge in [-0.15, -0.1) is 0 Å². The average molecular weight is 438 g/mol. The molecule has 1 amide bonds. The lowest BCUT2D eigenvalue weighted by atomic mass is 10.1. The molecule has 2 aliphatic rings. The number of ether oxygens (including phenoxy) is 3. The fourth-order valence-corrected chi connectivity index (χ4v) is 4.19. The molecule has 9 heteroatoms. The quantitative estimate of drug-likeness (QED) is 0.634. The van der Waals surface area contributed by atoms with Crippen LogP contribution in [0.4, 0.5) is 17.3 Å². The average Bonchev–Trinajstić information content (AvgIpc) is 3.28. The number of H-pyrrole nitrogens is 1. The number of anilines is 3. The molecule has 9 nitrogen and oxygen atoms in total. The van der Waals surface area contributed by atoms with E-state index in [1.807, 2.05) is 36.4 Å². The smallest absolute Gasteiger partial charge is 0.258 e. The van der Waals surface area contributed by atoms with Gasteiger partial charge in [-0.1, -0.05) is 6.07 Å². The number of rotatable bonds is 5. The van der Waals surface area contributed by atoms with Gasteiger partial charge in [-0.3, -0.25) is 10.1 Å². The molecular weight excluding hydrogens is 410 g/mol. The summed E-state index contributed by atoms with van der Waals surface area (Å²) in [7, 11) is 1.62. The summed E-state index contributed by atoms with van der Waals surface area (Å²) in [5, 5.41) is 2.91. The van der Waals surface area contributed by atoms with E-state index in [1.54, 1.807) is 7.11 Å². The minimum absolute atomic E-state index is 0.217. The summed E-state index contributed by atoms with van der Waals surface area (Å²) >= 11 is 0. The minimum Gasteiger partial charge on any atom is -0.494 e. The number of nitrogens with zero attached hydrogens (tertiary/aromatic N) is 3. The molecule has 32 heavy (non-hydrogen) atoms. The van der Waals surface area contributed by atoms with E-state index in [9.17, 15) is 4.79 Å². The number of hydrogen-bond acceptors (Lipinski definition) is 7. The summed E-state index contributed by atoms with van der Waals surface area (Å²) in [5.74, 6) is 0.853. The highest BCUT2D eigenvalue weighted by molar-refractivity contribution is 6.05. The van der Waals surface area contributed by atoms with Gasteiger partial charge >= 0.3 is 0 Å². The minimum atomic E-state index is -0.217. The number of carbonyl (C=O) groups excluding carboxylic acids is 1. The van der Waals surface area contributed by atoms with Gasteiger partial charge in [-0.2, -0.15) is 0 Å². The van der Waals surface area contributed by atoms with Crippen molar-refractivity contribution in [2.75, 3.05) is 74.8 Å². The van der Waals surface area contributed by atoms with Crippen LogP contribution in [0.15, 0.2) is 36.4 Å². The first-order valence-electron chi connectivity index (χ1n) is 10.9. The lowest BCUT2D eigenvalue weighted by Gasteiger charge is -2.29. The Kier molecular flexibility index (Phi) is 5.83. The first-order chi connectivity index (χ1) is 15.7. The first-order valence-corrected chi connectivity index (χ1v) is 10.9. The maximum Gasteiger partial charge on any atom is 0.258 e. The molecule has 0 spiro atoms. The van der Waals surface area contributed by atoms with Gasteiger partial charge in [-0.05, 0) is 30.3 Å². The highest BCUT2D eigenvalue weighted by Crippen LogP contribution is 2.33. The van der Waals surface area contributed by atoms with Crippen LogP contribution in [0.3, 0.4) is 0 Å². The zero-order valence-corrected chi connectivity index (χ0v) is 18.1. The Hall–Kier alpha value is -3.30. The van der Waals surface area contributed by atoms with Crippen LogP contribution < -0.4 is 19.9 Å². The third kappa shape index (κ3) is 4.09. The molecular formula is C23H27N5O4. The van der Waals surface area contributed by atoms with Crippen LogP contribution in [-0.2, 0) is 9.47 Å². The number of morpholine rings is 2. The Labute approximate surface area is 186 Å².